The number of halogens is 1. The molecule has 4 N–H and O–H groups in total. The fraction of sp³-hybridized carbons (Fsp3) is 0.353. The number of hydrogen-bond acceptors (Lipinski definition) is 3. The predicted octanol–water partition coefficient (Wildman–Crippen LogP) is 2.39. The molecule has 2 rings (SSSR count). The van der Waals surface area contributed by atoms with Gasteiger partial charge in [-0.05, 0) is 29.3 Å². The standard InChI is InChI=1S/C17H22N2O2.ClH/c1-11(12(2)18)17(21)19-10-16(20)15-8-7-13-5-3-4-6-14(13)9-15;/h3-9,11-12,16,20H,10,18H2,1-2H3,(H,19,21);1H. The lowest BCUT2D eigenvalue weighted by Crippen LogP contribution is -2.40. The third-order valence-corrected chi connectivity index (χ3v) is 3.83. The van der Waals surface area contributed by atoms with Gasteiger partial charge in [0, 0.05) is 18.5 Å². The van der Waals surface area contributed by atoms with E-state index in [1.54, 1.807) is 13.8 Å². The molecule has 0 spiro atoms. The summed E-state index contributed by atoms with van der Waals surface area (Å²) in [7, 11) is 0. The molecule has 4 nitrogen and oxygen atoms in total. The Balaban J connectivity index is 0.00000242. The van der Waals surface area contributed by atoms with Crippen LogP contribution in [0.15, 0.2) is 42.5 Å². The van der Waals surface area contributed by atoms with Crippen molar-refractivity contribution in [2.75, 3.05) is 6.54 Å². The Kier molecular flexibility index (Phi) is 6.81. The number of fused-ring (bicyclic) bond motifs is 1. The molecular weight excluding hydrogens is 300 g/mol. The molecule has 2 aromatic rings. The number of carbonyl (C=O) groups is 1. The van der Waals surface area contributed by atoms with Crippen LogP contribution in [0.4, 0.5) is 0 Å². The molecule has 0 fully saturated rings. The highest BCUT2D eigenvalue weighted by Crippen LogP contribution is 2.20. The van der Waals surface area contributed by atoms with Gasteiger partial charge in [-0.25, -0.2) is 0 Å². The van der Waals surface area contributed by atoms with E-state index < -0.39 is 6.10 Å². The first-order chi connectivity index (χ1) is 9.99. The fourth-order valence-corrected chi connectivity index (χ4v) is 2.13. The van der Waals surface area contributed by atoms with E-state index in [0.29, 0.717) is 0 Å². The van der Waals surface area contributed by atoms with Crippen LogP contribution in [-0.4, -0.2) is 23.6 Å². The van der Waals surface area contributed by atoms with Crippen molar-refractivity contribution in [3.05, 3.63) is 48.0 Å². The number of hydrogen-bond donors (Lipinski definition) is 3. The smallest absolute Gasteiger partial charge is 0.224 e. The average Bonchev–Trinajstić information content (AvgIpc) is 2.50. The van der Waals surface area contributed by atoms with Crippen molar-refractivity contribution in [2.24, 2.45) is 11.7 Å². The zero-order valence-electron chi connectivity index (χ0n) is 12.8. The molecule has 1 amide bonds. The molecule has 0 heterocycles. The zero-order valence-corrected chi connectivity index (χ0v) is 13.6. The molecular formula is C17H23ClN2O2. The summed E-state index contributed by atoms with van der Waals surface area (Å²) in [5.74, 6) is -0.404. The van der Waals surface area contributed by atoms with Crippen molar-refractivity contribution in [1.29, 1.82) is 0 Å². The molecule has 120 valence electrons. The van der Waals surface area contributed by atoms with Gasteiger partial charge in [-0.15, -0.1) is 12.4 Å². The topological polar surface area (TPSA) is 75.4 Å². The van der Waals surface area contributed by atoms with Gasteiger partial charge in [-0.1, -0.05) is 43.3 Å². The minimum absolute atomic E-state index is 0. The van der Waals surface area contributed by atoms with Crippen LogP contribution in [0.3, 0.4) is 0 Å². The molecule has 3 unspecified atom stereocenters. The molecule has 5 heteroatoms. The summed E-state index contributed by atoms with van der Waals surface area (Å²) in [4.78, 5) is 11.8. The summed E-state index contributed by atoms with van der Waals surface area (Å²) in [6, 6.07) is 13.6. The lowest BCUT2D eigenvalue weighted by molar-refractivity contribution is -0.125. The van der Waals surface area contributed by atoms with Gasteiger partial charge in [0.2, 0.25) is 5.91 Å². The van der Waals surface area contributed by atoms with Crippen molar-refractivity contribution >= 4 is 29.1 Å². The Bertz CT molecular complexity index is 631. The molecule has 2 aromatic carbocycles. The molecule has 0 aliphatic rings. The zero-order chi connectivity index (χ0) is 15.4. The van der Waals surface area contributed by atoms with E-state index >= 15 is 0 Å². The van der Waals surface area contributed by atoms with E-state index in [0.717, 1.165) is 16.3 Å². The average molecular weight is 323 g/mol. The lowest BCUT2D eigenvalue weighted by atomic mass is 10.0. The molecule has 22 heavy (non-hydrogen) atoms. The van der Waals surface area contributed by atoms with Gasteiger partial charge in [-0.2, -0.15) is 0 Å². The van der Waals surface area contributed by atoms with Crippen LogP contribution >= 0.6 is 12.4 Å². The van der Waals surface area contributed by atoms with E-state index in [4.69, 9.17) is 5.73 Å². The maximum absolute atomic E-state index is 11.8. The van der Waals surface area contributed by atoms with Crippen LogP contribution in [0.25, 0.3) is 10.8 Å². The van der Waals surface area contributed by atoms with Crippen LogP contribution in [0.2, 0.25) is 0 Å². The van der Waals surface area contributed by atoms with E-state index in [-0.39, 0.29) is 36.8 Å². The lowest BCUT2D eigenvalue weighted by Gasteiger charge is -2.18. The monoisotopic (exact) mass is 322 g/mol. The number of aliphatic hydroxyl groups excluding tert-OH is 1. The molecule has 0 aliphatic carbocycles. The van der Waals surface area contributed by atoms with Crippen molar-refractivity contribution in [3.63, 3.8) is 0 Å². The predicted molar refractivity (Wildman–Crippen MR) is 92.0 cm³/mol. The number of nitrogens with two attached hydrogens (primary N) is 1. The van der Waals surface area contributed by atoms with Gasteiger partial charge >= 0.3 is 0 Å². The number of aliphatic hydroxyl groups is 1. The highest BCUT2D eigenvalue weighted by Gasteiger charge is 2.18. The highest BCUT2D eigenvalue weighted by atomic mass is 35.5. The largest absolute Gasteiger partial charge is 0.387 e. The van der Waals surface area contributed by atoms with E-state index in [1.807, 2.05) is 42.5 Å². The van der Waals surface area contributed by atoms with Crippen molar-refractivity contribution in [1.82, 2.24) is 5.32 Å². The maximum Gasteiger partial charge on any atom is 0.224 e. The van der Waals surface area contributed by atoms with Gasteiger partial charge in [0.25, 0.3) is 0 Å². The Labute approximate surface area is 137 Å². The second-order valence-corrected chi connectivity index (χ2v) is 5.52. The summed E-state index contributed by atoms with van der Waals surface area (Å²) >= 11 is 0. The third kappa shape index (κ3) is 4.44. The molecule has 0 saturated carbocycles. The first kappa shape index (κ1) is 18.4. The molecule has 0 aliphatic heterocycles. The third-order valence-electron chi connectivity index (χ3n) is 3.83. The van der Waals surface area contributed by atoms with Crippen LogP contribution in [-0.2, 0) is 4.79 Å². The van der Waals surface area contributed by atoms with Crippen molar-refractivity contribution < 1.29 is 9.90 Å². The summed E-state index contributed by atoms with van der Waals surface area (Å²) in [5.41, 5.74) is 6.49. The second kappa shape index (κ2) is 8.13. The number of rotatable bonds is 5. The van der Waals surface area contributed by atoms with Crippen LogP contribution in [0, 0.1) is 5.92 Å². The second-order valence-electron chi connectivity index (χ2n) is 5.52. The SMILES string of the molecule is CC(N)C(C)C(=O)NCC(O)c1ccc2ccccc2c1.Cl. The first-order valence-electron chi connectivity index (χ1n) is 7.19. The maximum atomic E-state index is 11.8. The number of benzene rings is 2. The summed E-state index contributed by atoms with van der Waals surface area (Å²) in [6.45, 7) is 3.76. The summed E-state index contributed by atoms with van der Waals surface area (Å²) in [5, 5.41) is 15.1. The van der Waals surface area contributed by atoms with Crippen LogP contribution in [0.5, 0.6) is 0 Å². The number of nitrogens with one attached hydrogen (secondary N) is 1. The Hall–Kier alpha value is -1.62. The van der Waals surface area contributed by atoms with Gasteiger partial charge in [0.05, 0.1) is 6.10 Å². The van der Waals surface area contributed by atoms with Crippen LogP contribution in [0.1, 0.15) is 25.5 Å². The van der Waals surface area contributed by atoms with Gasteiger partial charge in [0.15, 0.2) is 0 Å². The fourth-order valence-electron chi connectivity index (χ4n) is 2.13. The molecule has 0 radical (unpaired) electrons. The van der Waals surface area contributed by atoms with Gasteiger partial charge < -0.3 is 16.2 Å². The van der Waals surface area contributed by atoms with Gasteiger partial charge in [-0.3, -0.25) is 4.79 Å². The van der Waals surface area contributed by atoms with Crippen molar-refractivity contribution in [2.45, 2.75) is 26.0 Å². The van der Waals surface area contributed by atoms with E-state index in [1.165, 1.54) is 0 Å². The molecule has 0 bridgehead atoms. The summed E-state index contributed by atoms with van der Waals surface area (Å²) in [6.07, 6.45) is -0.723. The van der Waals surface area contributed by atoms with Gasteiger partial charge in [0.1, 0.15) is 0 Å². The number of carbonyl (C=O) groups excluding carboxylic acids is 1. The summed E-state index contributed by atoms with van der Waals surface area (Å²) < 4.78 is 0. The molecule has 0 aromatic heterocycles. The normalized spacial score (nSPS) is 14.7. The highest BCUT2D eigenvalue weighted by molar-refractivity contribution is 5.85. The Morgan fingerprint density at radius 3 is 2.45 bits per heavy atom. The first-order valence-corrected chi connectivity index (χ1v) is 7.19. The number of amides is 1. The molecule has 3 atom stereocenters. The minimum atomic E-state index is -0.723. The minimum Gasteiger partial charge on any atom is -0.387 e. The Morgan fingerprint density at radius 1 is 1.18 bits per heavy atom. The van der Waals surface area contributed by atoms with Crippen LogP contribution < -0.4 is 11.1 Å². The quantitative estimate of drug-likeness (QED) is 0.791. The van der Waals surface area contributed by atoms with E-state index in [2.05, 4.69) is 5.32 Å². The van der Waals surface area contributed by atoms with E-state index in [9.17, 15) is 9.90 Å². The Morgan fingerprint density at radius 2 is 1.82 bits per heavy atom. The van der Waals surface area contributed by atoms with Crippen molar-refractivity contribution in [3.8, 4) is 0 Å². The molecule has 0 saturated heterocycles.